The minimum Gasteiger partial charge on any atom is -0.476 e. The quantitative estimate of drug-likeness (QED) is 0.740. The number of carboxylic acids is 1. The van der Waals surface area contributed by atoms with Crippen LogP contribution >= 0.6 is 0 Å². The highest BCUT2D eigenvalue weighted by Gasteiger charge is 2.20. The third-order valence-corrected chi connectivity index (χ3v) is 1.88. The normalized spacial score (nSPS) is 11.4. The molecule has 1 heterocycles. The maximum Gasteiger partial charge on any atom is 0.356 e. The van der Waals surface area contributed by atoms with Crippen molar-refractivity contribution in [2.45, 2.75) is 33.1 Å². The van der Waals surface area contributed by atoms with Gasteiger partial charge in [-0.2, -0.15) is 0 Å². The first-order valence-corrected chi connectivity index (χ1v) is 4.40. The molecule has 0 fully saturated rings. The molecule has 0 unspecified atom stereocenters. The molecule has 0 saturated heterocycles. The van der Waals surface area contributed by atoms with E-state index in [1.807, 2.05) is 27.7 Å². The van der Waals surface area contributed by atoms with Gasteiger partial charge in [0.25, 0.3) is 0 Å². The molecule has 0 amide bonds. The van der Waals surface area contributed by atoms with Crippen molar-refractivity contribution in [3.8, 4) is 0 Å². The highest BCUT2D eigenvalue weighted by Crippen LogP contribution is 2.22. The Labute approximate surface area is 83.0 Å². The molecule has 0 saturated carbocycles. The van der Waals surface area contributed by atoms with Gasteiger partial charge in [0.2, 0.25) is 0 Å². The van der Waals surface area contributed by atoms with Gasteiger partial charge in [-0.05, 0) is 6.92 Å². The van der Waals surface area contributed by atoms with Gasteiger partial charge in [0.15, 0.2) is 5.69 Å². The van der Waals surface area contributed by atoms with Gasteiger partial charge < -0.3 is 5.11 Å². The third-order valence-electron chi connectivity index (χ3n) is 1.88. The number of carbonyl (C=O) groups is 1. The Hall–Kier alpha value is -1.45. The number of hydrogen-bond donors (Lipinski definition) is 1. The van der Waals surface area contributed by atoms with E-state index in [2.05, 4.69) is 9.97 Å². The Bertz CT molecular complexity index is 367. The lowest BCUT2D eigenvalue weighted by Crippen LogP contribution is -2.18. The summed E-state index contributed by atoms with van der Waals surface area (Å²) in [6.07, 6.45) is 1.28. The van der Waals surface area contributed by atoms with E-state index < -0.39 is 5.97 Å². The van der Waals surface area contributed by atoms with Gasteiger partial charge >= 0.3 is 5.97 Å². The molecule has 76 valence electrons. The zero-order chi connectivity index (χ0) is 10.9. The molecule has 0 aromatic carbocycles. The molecule has 1 N–H and O–H groups in total. The van der Waals surface area contributed by atoms with Gasteiger partial charge in [0, 0.05) is 5.41 Å². The predicted molar refractivity (Wildman–Crippen MR) is 52.4 cm³/mol. The number of aryl methyl sites for hydroxylation is 1. The zero-order valence-electron chi connectivity index (χ0n) is 8.83. The molecule has 4 nitrogen and oxygen atoms in total. The second-order valence-corrected chi connectivity index (χ2v) is 4.24. The van der Waals surface area contributed by atoms with Crippen molar-refractivity contribution >= 4 is 5.97 Å². The first kappa shape index (κ1) is 10.6. The van der Waals surface area contributed by atoms with Gasteiger partial charge in [-0.3, -0.25) is 4.98 Å². The van der Waals surface area contributed by atoms with Crippen molar-refractivity contribution in [2.75, 3.05) is 0 Å². The molecule has 0 aliphatic carbocycles. The molecule has 0 radical (unpaired) electrons. The standard InChI is InChI=1S/C10H14N2O2/c1-6-8(10(2,3)4)12-7(5-11-6)9(13)14/h5H,1-4H3,(H,13,14). The molecule has 14 heavy (non-hydrogen) atoms. The lowest BCUT2D eigenvalue weighted by Gasteiger charge is -2.19. The zero-order valence-corrected chi connectivity index (χ0v) is 8.83. The Morgan fingerprint density at radius 2 is 2.00 bits per heavy atom. The second-order valence-electron chi connectivity index (χ2n) is 4.24. The summed E-state index contributed by atoms with van der Waals surface area (Å²) in [4.78, 5) is 18.8. The third kappa shape index (κ3) is 2.07. The summed E-state index contributed by atoms with van der Waals surface area (Å²) >= 11 is 0. The van der Waals surface area contributed by atoms with E-state index in [-0.39, 0.29) is 11.1 Å². The Morgan fingerprint density at radius 1 is 1.43 bits per heavy atom. The van der Waals surface area contributed by atoms with E-state index in [4.69, 9.17) is 5.11 Å². The summed E-state index contributed by atoms with van der Waals surface area (Å²) in [5.74, 6) is -1.04. The van der Waals surface area contributed by atoms with Crippen molar-refractivity contribution in [1.82, 2.24) is 9.97 Å². The largest absolute Gasteiger partial charge is 0.476 e. The SMILES string of the molecule is Cc1ncc(C(=O)O)nc1C(C)(C)C. The molecule has 1 aromatic heterocycles. The number of aromatic carboxylic acids is 1. The van der Waals surface area contributed by atoms with Crippen LogP contribution in [0.1, 0.15) is 42.6 Å². The summed E-state index contributed by atoms with van der Waals surface area (Å²) in [6, 6.07) is 0. The molecule has 1 rings (SSSR count). The van der Waals surface area contributed by atoms with Gasteiger partial charge in [-0.15, -0.1) is 0 Å². The molecule has 1 aromatic rings. The molecule has 0 spiro atoms. The van der Waals surface area contributed by atoms with E-state index in [9.17, 15) is 4.79 Å². The maximum absolute atomic E-state index is 10.7. The number of aromatic nitrogens is 2. The summed E-state index contributed by atoms with van der Waals surface area (Å²) in [7, 11) is 0. The van der Waals surface area contributed by atoms with E-state index in [0.29, 0.717) is 0 Å². The second kappa shape index (κ2) is 3.36. The molecule has 4 heteroatoms. The number of rotatable bonds is 1. The number of hydrogen-bond acceptors (Lipinski definition) is 3. The first-order valence-electron chi connectivity index (χ1n) is 4.40. The number of carboxylic acid groups (broad SMARTS) is 1. The molecule has 0 atom stereocenters. The van der Waals surface area contributed by atoms with Crippen LogP contribution < -0.4 is 0 Å². The lowest BCUT2D eigenvalue weighted by atomic mass is 9.90. The van der Waals surface area contributed by atoms with Crippen molar-refractivity contribution in [2.24, 2.45) is 0 Å². The van der Waals surface area contributed by atoms with Crippen molar-refractivity contribution in [3.05, 3.63) is 23.3 Å². The van der Waals surface area contributed by atoms with Crippen LogP contribution in [0.4, 0.5) is 0 Å². The molecular weight excluding hydrogens is 180 g/mol. The van der Waals surface area contributed by atoms with Crippen LogP contribution in [-0.2, 0) is 5.41 Å². The monoisotopic (exact) mass is 194 g/mol. The Balaban J connectivity index is 3.29. The average Bonchev–Trinajstić information content (AvgIpc) is 2.02. The summed E-state index contributed by atoms with van der Waals surface area (Å²) in [5, 5.41) is 8.76. The van der Waals surface area contributed by atoms with Gasteiger partial charge in [-0.1, -0.05) is 20.8 Å². The summed E-state index contributed by atoms with van der Waals surface area (Å²) in [5.41, 5.74) is 1.34. The van der Waals surface area contributed by atoms with Crippen LogP contribution in [-0.4, -0.2) is 21.0 Å². The van der Waals surface area contributed by atoms with Crippen molar-refractivity contribution in [1.29, 1.82) is 0 Å². The van der Waals surface area contributed by atoms with E-state index in [1.54, 1.807) is 0 Å². The van der Waals surface area contributed by atoms with Crippen molar-refractivity contribution in [3.63, 3.8) is 0 Å². The van der Waals surface area contributed by atoms with E-state index in [1.165, 1.54) is 6.20 Å². The molecule has 0 aliphatic rings. The summed E-state index contributed by atoms with van der Waals surface area (Å²) < 4.78 is 0. The van der Waals surface area contributed by atoms with Crippen LogP contribution in [0, 0.1) is 6.92 Å². The molecular formula is C10H14N2O2. The van der Waals surface area contributed by atoms with E-state index >= 15 is 0 Å². The molecule has 0 bridgehead atoms. The molecule has 0 aliphatic heterocycles. The van der Waals surface area contributed by atoms with Crippen molar-refractivity contribution < 1.29 is 9.90 Å². The van der Waals surface area contributed by atoms with Gasteiger partial charge in [-0.25, -0.2) is 9.78 Å². The topological polar surface area (TPSA) is 63.1 Å². The highest BCUT2D eigenvalue weighted by atomic mass is 16.4. The van der Waals surface area contributed by atoms with Crippen LogP contribution in [0.5, 0.6) is 0 Å². The smallest absolute Gasteiger partial charge is 0.356 e. The van der Waals surface area contributed by atoms with Gasteiger partial charge in [0.05, 0.1) is 17.6 Å². The highest BCUT2D eigenvalue weighted by molar-refractivity contribution is 5.84. The minimum atomic E-state index is -1.04. The van der Waals surface area contributed by atoms with E-state index in [0.717, 1.165) is 11.4 Å². The Kier molecular flexibility index (Phi) is 2.55. The van der Waals surface area contributed by atoms with Crippen LogP contribution in [0.15, 0.2) is 6.20 Å². The first-order chi connectivity index (χ1) is 6.32. The summed E-state index contributed by atoms with van der Waals surface area (Å²) in [6.45, 7) is 7.78. The number of nitrogens with zero attached hydrogens (tertiary/aromatic N) is 2. The minimum absolute atomic E-state index is 0.000486. The fraction of sp³-hybridized carbons (Fsp3) is 0.500. The van der Waals surface area contributed by atoms with Gasteiger partial charge in [0.1, 0.15) is 0 Å². The maximum atomic E-state index is 10.7. The Morgan fingerprint density at radius 3 is 2.43 bits per heavy atom. The van der Waals surface area contributed by atoms with Crippen LogP contribution in [0.2, 0.25) is 0 Å². The fourth-order valence-corrected chi connectivity index (χ4v) is 1.26. The lowest BCUT2D eigenvalue weighted by molar-refractivity contribution is 0.0689. The average molecular weight is 194 g/mol. The van der Waals surface area contributed by atoms with Crippen LogP contribution in [0.25, 0.3) is 0 Å². The fourth-order valence-electron chi connectivity index (χ4n) is 1.26. The van der Waals surface area contributed by atoms with Crippen LogP contribution in [0.3, 0.4) is 0 Å². The predicted octanol–water partition coefficient (Wildman–Crippen LogP) is 1.78.